The number of piperidine rings is 1. The Morgan fingerprint density at radius 3 is 2.61 bits per heavy atom. The molecule has 2 N–H and O–H groups in total. The van der Waals surface area contributed by atoms with E-state index in [2.05, 4.69) is 25.1 Å². The van der Waals surface area contributed by atoms with Crippen molar-refractivity contribution < 1.29 is 36.9 Å². The number of alkyl halides is 3. The molecule has 0 amide bonds. The molecule has 2 aromatic carbocycles. The Bertz CT molecular complexity index is 1720. The number of likely N-dealkylation sites (tertiary alicyclic amines) is 1. The van der Waals surface area contributed by atoms with E-state index >= 15 is 0 Å². The molecule has 4 heterocycles. The Balaban J connectivity index is 1.15. The fraction of sp³-hybridized carbons (Fsp3) is 0.333. The topological polar surface area (TPSA) is 113 Å². The summed E-state index contributed by atoms with van der Waals surface area (Å²) in [6.07, 6.45) is -2.17. The van der Waals surface area contributed by atoms with Crippen molar-refractivity contribution in [1.82, 2.24) is 25.1 Å². The zero-order valence-electron chi connectivity index (χ0n) is 23.3. The number of hydrogen-bond acceptors (Lipinski definition) is 7. The van der Waals surface area contributed by atoms with Crippen molar-refractivity contribution in [3.63, 3.8) is 0 Å². The molecule has 0 aliphatic carbocycles. The third-order valence-corrected chi connectivity index (χ3v) is 8.10. The second-order valence-corrected chi connectivity index (χ2v) is 11.4. The summed E-state index contributed by atoms with van der Waals surface area (Å²) in [4.78, 5) is 20.3. The zero-order chi connectivity index (χ0) is 31.2. The predicted octanol–water partition coefficient (Wildman–Crippen LogP) is 6.33. The van der Waals surface area contributed by atoms with E-state index in [0.29, 0.717) is 42.4 Å². The number of H-pyrrole nitrogens is 1. The molecule has 1 saturated heterocycles. The Labute approximate surface area is 253 Å². The highest BCUT2D eigenvalue weighted by molar-refractivity contribution is 6.30. The molecule has 9 nitrogen and oxygen atoms in total. The number of fused-ring (bicyclic) bond motifs is 1. The number of aromatic nitrogens is 4. The van der Waals surface area contributed by atoms with Gasteiger partial charge in [-0.3, -0.25) is 14.7 Å². The lowest BCUT2D eigenvalue weighted by Gasteiger charge is -2.32. The van der Waals surface area contributed by atoms with Crippen LogP contribution >= 0.6 is 11.6 Å². The summed E-state index contributed by atoms with van der Waals surface area (Å²) in [5.41, 5.74) is 2.29. The standard InChI is InChI=1S/C30H26ClF4N5O4/c1-29(21-6-5-19(31)13-22(21)32)43-24-4-2-3-20(26(24)44-29)16-7-9-40(10-8-16)15-23-17(12-25(41)42)11-18(14-36-23)27-37-28(39-38-27)30(33,34)35/h2-6,11,13-14,16H,7-10,12,15H2,1H3,(H,41,42)(H,37,38,39)/t29-/m0/s1. The van der Waals surface area contributed by atoms with Crippen LogP contribution in [0.25, 0.3) is 11.4 Å². The molecule has 2 aliphatic rings. The van der Waals surface area contributed by atoms with Crippen LogP contribution in [0.3, 0.4) is 0 Å². The van der Waals surface area contributed by atoms with Crippen molar-refractivity contribution >= 4 is 17.6 Å². The number of pyridine rings is 1. The Morgan fingerprint density at radius 1 is 1.16 bits per heavy atom. The van der Waals surface area contributed by atoms with E-state index in [1.165, 1.54) is 18.3 Å². The largest absolute Gasteiger partial charge is 0.481 e. The van der Waals surface area contributed by atoms with Gasteiger partial charge in [0, 0.05) is 35.8 Å². The van der Waals surface area contributed by atoms with Gasteiger partial charge in [-0.05, 0) is 67.7 Å². The Kier molecular flexibility index (Phi) is 7.70. The first-order chi connectivity index (χ1) is 20.9. The number of halogens is 5. The van der Waals surface area contributed by atoms with Crippen LogP contribution in [0.5, 0.6) is 11.5 Å². The van der Waals surface area contributed by atoms with Crippen LogP contribution < -0.4 is 9.47 Å². The lowest BCUT2D eigenvalue weighted by Crippen LogP contribution is -2.34. The van der Waals surface area contributed by atoms with Crippen molar-refractivity contribution in [3.05, 3.63) is 87.7 Å². The molecule has 230 valence electrons. The fourth-order valence-electron chi connectivity index (χ4n) is 5.70. The average molecular weight is 632 g/mol. The van der Waals surface area contributed by atoms with Gasteiger partial charge < -0.3 is 19.6 Å². The highest BCUT2D eigenvalue weighted by atomic mass is 35.5. The van der Waals surface area contributed by atoms with Crippen LogP contribution in [0, 0.1) is 5.82 Å². The highest BCUT2D eigenvalue weighted by Gasteiger charge is 2.43. The van der Waals surface area contributed by atoms with E-state index in [1.807, 2.05) is 12.1 Å². The summed E-state index contributed by atoms with van der Waals surface area (Å²) in [5, 5.41) is 16.4. The van der Waals surface area contributed by atoms with Gasteiger partial charge in [-0.1, -0.05) is 23.7 Å². The molecule has 4 aromatic rings. The first-order valence-electron chi connectivity index (χ1n) is 13.8. The van der Waals surface area contributed by atoms with Crippen molar-refractivity contribution in [2.75, 3.05) is 13.1 Å². The molecule has 0 saturated carbocycles. The molecule has 44 heavy (non-hydrogen) atoms. The van der Waals surface area contributed by atoms with Gasteiger partial charge in [0.2, 0.25) is 5.82 Å². The Morgan fingerprint density at radius 2 is 1.93 bits per heavy atom. The molecule has 2 aliphatic heterocycles. The van der Waals surface area contributed by atoms with Crippen molar-refractivity contribution in [2.45, 2.75) is 50.6 Å². The number of ether oxygens (including phenoxy) is 2. The Hall–Kier alpha value is -4.23. The first-order valence-corrected chi connectivity index (χ1v) is 14.2. The number of hydrogen-bond donors (Lipinski definition) is 2. The lowest BCUT2D eigenvalue weighted by atomic mass is 9.88. The summed E-state index contributed by atoms with van der Waals surface area (Å²) in [6, 6.07) is 11.5. The molecule has 0 spiro atoms. The molecular formula is C30H26ClF4N5O4. The number of carbonyl (C=O) groups is 1. The number of nitrogens with one attached hydrogen (secondary N) is 1. The average Bonchev–Trinajstić information content (AvgIpc) is 3.59. The zero-order valence-corrected chi connectivity index (χ0v) is 24.0. The first kappa shape index (κ1) is 29.8. The normalized spacial score (nSPS) is 19.0. The van der Waals surface area contributed by atoms with E-state index in [4.69, 9.17) is 21.1 Å². The molecular weight excluding hydrogens is 606 g/mol. The van der Waals surface area contributed by atoms with Crippen LogP contribution in [0.1, 0.15) is 53.9 Å². The molecule has 0 unspecified atom stereocenters. The molecule has 1 atom stereocenters. The predicted molar refractivity (Wildman–Crippen MR) is 150 cm³/mol. The molecule has 6 rings (SSSR count). The summed E-state index contributed by atoms with van der Waals surface area (Å²) in [5.74, 6) is -3.15. The quantitative estimate of drug-likeness (QED) is 0.228. The second kappa shape index (κ2) is 11.4. The number of carboxylic acid groups (broad SMARTS) is 1. The molecule has 14 heteroatoms. The summed E-state index contributed by atoms with van der Waals surface area (Å²) < 4.78 is 66.0. The summed E-state index contributed by atoms with van der Waals surface area (Å²) in [7, 11) is 0. The van der Waals surface area contributed by atoms with Gasteiger partial charge >= 0.3 is 12.1 Å². The van der Waals surface area contributed by atoms with Crippen molar-refractivity contribution in [3.8, 4) is 22.9 Å². The number of benzene rings is 2. The molecule has 0 radical (unpaired) electrons. The number of carboxylic acids is 1. The SMILES string of the molecule is C[C@]1(c2ccc(Cl)cc2F)Oc2cccc(C3CCN(Cc4ncc(-c5nnc(C(F)(F)F)[nH]5)cc4CC(=O)O)CC3)c2O1. The van der Waals surface area contributed by atoms with E-state index < -0.39 is 29.6 Å². The lowest BCUT2D eigenvalue weighted by molar-refractivity contribution is -0.144. The van der Waals surface area contributed by atoms with Crippen LogP contribution in [0.4, 0.5) is 17.6 Å². The summed E-state index contributed by atoms with van der Waals surface area (Å²) in [6.45, 7) is 3.37. The number of rotatable bonds is 7. The summed E-state index contributed by atoms with van der Waals surface area (Å²) >= 11 is 5.93. The van der Waals surface area contributed by atoms with Crippen LogP contribution in [-0.2, 0) is 29.7 Å². The van der Waals surface area contributed by atoms with Crippen molar-refractivity contribution in [1.29, 1.82) is 0 Å². The van der Waals surface area contributed by atoms with Gasteiger partial charge in [0.15, 0.2) is 17.3 Å². The number of para-hydroxylation sites is 1. The molecule has 1 fully saturated rings. The van der Waals surface area contributed by atoms with Crippen LogP contribution in [0.2, 0.25) is 5.02 Å². The van der Waals surface area contributed by atoms with E-state index in [0.717, 1.165) is 18.4 Å². The van der Waals surface area contributed by atoms with Gasteiger partial charge in [0.25, 0.3) is 5.79 Å². The number of nitrogens with zero attached hydrogens (tertiary/aromatic N) is 4. The third-order valence-electron chi connectivity index (χ3n) is 7.86. The number of aromatic amines is 1. The maximum atomic E-state index is 14.8. The highest BCUT2D eigenvalue weighted by Crippen LogP contribution is 2.50. The van der Waals surface area contributed by atoms with E-state index in [-0.39, 0.29) is 34.3 Å². The fourth-order valence-corrected chi connectivity index (χ4v) is 5.86. The monoisotopic (exact) mass is 631 g/mol. The third kappa shape index (κ3) is 5.93. The number of aliphatic carboxylic acids is 1. The van der Waals surface area contributed by atoms with Crippen LogP contribution in [-0.4, -0.2) is 49.2 Å². The minimum Gasteiger partial charge on any atom is -0.481 e. The molecule has 2 aromatic heterocycles. The van der Waals surface area contributed by atoms with Gasteiger partial charge in [0.05, 0.1) is 17.7 Å². The maximum Gasteiger partial charge on any atom is 0.451 e. The second-order valence-electron chi connectivity index (χ2n) is 10.9. The van der Waals surface area contributed by atoms with Crippen LogP contribution in [0.15, 0.2) is 48.7 Å². The smallest absolute Gasteiger partial charge is 0.451 e. The van der Waals surface area contributed by atoms with E-state index in [9.17, 15) is 27.5 Å². The van der Waals surface area contributed by atoms with Gasteiger partial charge in [-0.15, -0.1) is 10.2 Å². The minimum atomic E-state index is -4.69. The van der Waals surface area contributed by atoms with Crippen molar-refractivity contribution in [2.24, 2.45) is 0 Å². The van der Waals surface area contributed by atoms with Gasteiger partial charge in [0.1, 0.15) is 5.82 Å². The molecule has 0 bridgehead atoms. The van der Waals surface area contributed by atoms with Gasteiger partial charge in [-0.25, -0.2) is 4.39 Å². The maximum absolute atomic E-state index is 14.8. The van der Waals surface area contributed by atoms with E-state index in [1.54, 1.807) is 25.1 Å². The van der Waals surface area contributed by atoms with Gasteiger partial charge in [-0.2, -0.15) is 13.2 Å². The minimum absolute atomic E-state index is 0.130.